The molecule has 0 bridgehead atoms. The first-order valence-electron chi connectivity index (χ1n) is 7.29. The van der Waals surface area contributed by atoms with Crippen LogP contribution in [0.15, 0.2) is 40.6 Å². The van der Waals surface area contributed by atoms with Crippen LogP contribution in [0.5, 0.6) is 0 Å². The zero-order valence-electron chi connectivity index (χ0n) is 13.6. The maximum atomic E-state index is 12.9. The quantitative estimate of drug-likeness (QED) is 0.341. The number of ether oxygens (including phenoxy) is 1. The van der Waals surface area contributed by atoms with Crippen molar-refractivity contribution in [1.29, 1.82) is 0 Å². The lowest BCUT2D eigenvalue weighted by Gasteiger charge is -2.09. The van der Waals surface area contributed by atoms with E-state index in [0.29, 0.717) is 15.9 Å². The highest BCUT2D eigenvalue weighted by Gasteiger charge is 2.17. The minimum absolute atomic E-state index is 0.0363. The summed E-state index contributed by atoms with van der Waals surface area (Å²) in [5.41, 5.74) is 0.712. The number of esters is 1. The number of benzene rings is 1. The lowest BCUT2D eigenvalue weighted by Crippen LogP contribution is -2.15. The van der Waals surface area contributed by atoms with Gasteiger partial charge in [0.15, 0.2) is 5.16 Å². The van der Waals surface area contributed by atoms with Gasteiger partial charge < -0.3 is 10.1 Å². The number of amides is 1. The molecule has 0 radical (unpaired) electrons. The lowest BCUT2D eigenvalue weighted by molar-refractivity contribution is -0.113. The van der Waals surface area contributed by atoms with E-state index in [0.717, 1.165) is 11.8 Å². The van der Waals surface area contributed by atoms with Crippen LogP contribution in [-0.4, -0.2) is 40.5 Å². The summed E-state index contributed by atoms with van der Waals surface area (Å²) >= 11 is 2.44. The molecule has 0 atom stereocenters. The van der Waals surface area contributed by atoms with Crippen molar-refractivity contribution in [2.75, 3.05) is 23.9 Å². The molecule has 0 aliphatic carbocycles. The summed E-state index contributed by atoms with van der Waals surface area (Å²) in [7, 11) is 0. The van der Waals surface area contributed by atoms with Crippen molar-refractivity contribution in [1.82, 2.24) is 9.97 Å². The summed E-state index contributed by atoms with van der Waals surface area (Å²) in [6.45, 7) is 1.94. The Kier molecular flexibility index (Phi) is 7.20. The Morgan fingerprint density at radius 3 is 2.64 bits per heavy atom. The highest BCUT2D eigenvalue weighted by Crippen LogP contribution is 2.23. The number of aromatic nitrogens is 2. The van der Waals surface area contributed by atoms with E-state index >= 15 is 0 Å². The van der Waals surface area contributed by atoms with Gasteiger partial charge in [-0.3, -0.25) is 4.79 Å². The molecule has 0 unspecified atom stereocenters. The van der Waals surface area contributed by atoms with E-state index in [2.05, 4.69) is 15.3 Å². The molecule has 0 saturated heterocycles. The van der Waals surface area contributed by atoms with Crippen LogP contribution in [0.3, 0.4) is 0 Å². The Bertz CT molecular complexity index is 757. The molecule has 0 aliphatic rings. The monoisotopic (exact) mass is 381 g/mol. The van der Waals surface area contributed by atoms with Gasteiger partial charge in [0.05, 0.1) is 12.4 Å². The number of thioether (sulfide) groups is 2. The van der Waals surface area contributed by atoms with Gasteiger partial charge in [0, 0.05) is 11.9 Å². The van der Waals surface area contributed by atoms with Gasteiger partial charge in [0.1, 0.15) is 16.4 Å². The van der Waals surface area contributed by atoms with Crippen molar-refractivity contribution in [3.8, 4) is 0 Å². The SMILES string of the molecule is CCOC(=O)c1cnc(SC)nc1SCC(=O)Nc1ccc(F)cc1. The number of nitrogens with one attached hydrogen (secondary N) is 1. The highest BCUT2D eigenvalue weighted by atomic mass is 32.2. The van der Waals surface area contributed by atoms with Crippen LogP contribution in [-0.2, 0) is 9.53 Å². The third kappa shape index (κ3) is 5.71. The second-order valence-corrected chi connectivity index (χ2v) is 6.38. The lowest BCUT2D eigenvalue weighted by atomic mass is 10.3. The van der Waals surface area contributed by atoms with Crippen molar-refractivity contribution >= 4 is 41.1 Å². The second kappa shape index (κ2) is 9.38. The number of halogens is 1. The first-order chi connectivity index (χ1) is 12.0. The van der Waals surface area contributed by atoms with Crippen LogP contribution in [0.1, 0.15) is 17.3 Å². The number of hydrogen-bond acceptors (Lipinski definition) is 7. The number of rotatable bonds is 7. The van der Waals surface area contributed by atoms with Gasteiger partial charge in [-0.05, 0) is 37.4 Å². The summed E-state index contributed by atoms with van der Waals surface area (Å²) in [6, 6.07) is 5.46. The Morgan fingerprint density at radius 2 is 2.00 bits per heavy atom. The largest absolute Gasteiger partial charge is 0.462 e. The maximum Gasteiger partial charge on any atom is 0.342 e. The second-order valence-electron chi connectivity index (χ2n) is 4.64. The van der Waals surface area contributed by atoms with Gasteiger partial charge in [-0.2, -0.15) is 0 Å². The number of carbonyl (C=O) groups excluding carboxylic acids is 2. The van der Waals surface area contributed by atoms with Crippen LogP contribution in [0.2, 0.25) is 0 Å². The molecule has 2 aromatic rings. The summed E-state index contributed by atoms with van der Waals surface area (Å²) < 4.78 is 17.9. The molecule has 0 aliphatic heterocycles. The van der Waals surface area contributed by atoms with E-state index in [1.54, 1.807) is 6.92 Å². The molecule has 1 N–H and O–H groups in total. The van der Waals surface area contributed by atoms with E-state index in [9.17, 15) is 14.0 Å². The minimum Gasteiger partial charge on any atom is -0.462 e. The van der Waals surface area contributed by atoms with E-state index in [1.807, 2.05) is 6.26 Å². The average Bonchev–Trinajstić information content (AvgIpc) is 2.62. The molecule has 132 valence electrons. The molecule has 0 saturated carbocycles. The van der Waals surface area contributed by atoms with Crippen LogP contribution < -0.4 is 5.32 Å². The predicted octanol–water partition coefficient (Wildman–Crippen LogP) is 3.25. The van der Waals surface area contributed by atoms with E-state index in [1.165, 1.54) is 42.2 Å². The van der Waals surface area contributed by atoms with Crippen molar-refractivity contribution in [3.05, 3.63) is 41.8 Å². The Hall–Kier alpha value is -2.13. The molecule has 25 heavy (non-hydrogen) atoms. The van der Waals surface area contributed by atoms with E-state index < -0.39 is 5.97 Å². The number of carbonyl (C=O) groups is 2. The zero-order valence-corrected chi connectivity index (χ0v) is 15.2. The van der Waals surface area contributed by atoms with Crippen LogP contribution in [0.4, 0.5) is 10.1 Å². The van der Waals surface area contributed by atoms with E-state index in [4.69, 9.17) is 4.74 Å². The zero-order chi connectivity index (χ0) is 18.2. The fourth-order valence-electron chi connectivity index (χ4n) is 1.77. The summed E-state index contributed by atoms with van der Waals surface area (Å²) in [5.74, 6) is -1.17. The van der Waals surface area contributed by atoms with Gasteiger partial charge in [-0.25, -0.2) is 19.2 Å². The third-order valence-electron chi connectivity index (χ3n) is 2.88. The summed E-state index contributed by atoms with van der Waals surface area (Å²) in [6.07, 6.45) is 3.21. The smallest absolute Gasteiger partial charge is 0.342 e. The first-order valence-corrected chi connectivity index (χ1v) is 9.51. The predicted molar refractivity (Wildman–Crippen MR) is 95.5 cm³/mol. The molecule has 2 rings (SSSR count). The molecule has 1 aromatic carbocycles. The van der Waals surface area contributed by atoms with E-state index in [-0.39, 0.29) is 29.6 Å². The molecular formula is C16H16FN3O3S2. The fourth-order valence-corrected chi connectivity index (χ4v) is 2.95. The summed E-state index contributed by atoms with van der Waals surface area (Å²) in [5, 5.41) is 3.53. The third-order valence-corrected chi connectivity index (χ3v) is 4.43. The van der Waals surface area contributed by atoms with Crippen molar-refractivity contribution in [2.45, 2.75) is 17.1 Å². The molecule has 1 amide bonds. The Morgan fingerprint density at radius 1 is 1.28 bits per heavy atom. The summed E-state index contributed by atoms with van der Waals surface area (Å²) in [4.78, 5) is 32.4. The van der Waals surface area contributed by atoms with Crippen molar-refractivity contribution < 1.29 is 18.7 Å². The Labute approximate surface area is 153 Å². The molecule has 6 nitrogen and oxygen atoms in total. The maximum absolute atomic E-state index is 12.9. The first kappa shape index (κ1) is 19.2. The average molecular weight is 381 g/mol. The van der Waals surface area contributed by atoms with Gasteiger partial charge >= 0.3 is 5.97 Å². The fraction of sp³-hybridized carbons (Fsp3) is 0.250. The Balaban J connectivity index is 2.06. The molecular weight excluding hydrogens is 365 g/mol. The van der Waals surface area contributed by atoms with Gasteiger partial charge in [0.25, 0.3) is 0 Å². The highest BCUT2D eigenvalue weighted by molar-refractivity contribution is 8.00. The molecule has 9 heteroatoms. The molecule has 0 fully saturated rings. The number of anilines is 1. The normalized spacial score (nSPS) is 10.4. The van der Waals surface area contributed by atoms with Crippen LogP contribution in [0.25, 0.3) is 0 Å². The molecule has 0 spiro atoms. The molecule has 1 heterocycles. The van der Waals surface area contributed by atoms with Crippen LogP contribution in [0, 0.1) is 5.82 Å². The topological polar surface area (TPSA) is 81.2 Å². The van der Waals surface area contributed by atoms with Crippen molar-refractivity contribution in [2.24, 2.45) is 0 Å². The number of nitrogens with zero attached hydrogens (tertiary/aromatic N) is 2. The van der Waals surface area contributed by atoms with Gasteiger partial charge in [-0.15, -0.1) is 0 Å². The van der Waals surface area contributed by atoms with Gasteiger partial charge in [-0.1, -0.05) is 23.5 Å². The van der Waals surface area contributed by atoms with Gasteiger partial charge in [0.2, 0.25) is 5.91 Å². The minimum atomic E-state index is -0.531. The van der Waals surface area contributed by atoms with Crippen molar-refractivity contribution in [3.63, 3.8) is 0 Å². The van der Waals surface area contributed by atoms with Crippen LogP contribution >= 0.6 is 23.5 Å². The molecule has 1 aromatic heterocycles. The standard InChI is InChI=1S/C16H16FN3O3S2/c1-3-23-15(22)12-8-18-16(24-2)20-14(12)25-9-13(21)19-11-6-4-10(17)5-7-11/h4-8H,3,9H2,1-2H3,(H,19,21). The number of hydrogen-bond donors (Lipinski definition) is 1.